The Kier molecular flexibility index (Phi) is 7.33. The molecule has 0 aliphatic carbocycles. The van der Waals surface area contributed by atoms with Crippen molar-refractivity contribution in [2.45, 2.75) is 57.9 Å². The van der Waals surface area contributed by atoms with Crippen LogP contribution in [0.1, 0.15) is 46.5 Å². The molecular weight excluding hydrogens is 280 g/mol. The van der Waals surface area contributed by atoms with Gasteiger partial charge < -0.3 is 9.64 Å². The zero-order valence-electron chi connectivity index (χ0n) is 14.1. The van der Waals surface area contributed by atoms with Gasteiger partial charge in [0.05, 0.1) is 6.10 Å². The zero-order valence-corrected chi connectivity index (χ0v) is 15.0. The Balaban J connectivity index is 1.58. The highest BCUT2D eigenvalue weighted by atomic mass is 32.1. The van der Waals surface area contributed by atoms with Crippen LogP contribution in [0, 0.1) is 11.8 Å². The Bertz CT molecular complexity index is 283. The van der Waals surface area contributed by atoms with Crippen LogP contribution in [0.3, 0.4) is 0 Å². The molecule has 0 N–H and O–H groups in total. The van der Waals surface area contributed by atoms with Crippen LogP contribution in [0.4, 0.5) is 0 Å². The largest absolute Gasteiger partial charge is 0.378 e. The smallest absolute Gasteiger partial charge is 0.0599 e. The topological polar surface area (TPSA) is 15.7 Å². The average Bonchev–Trinajstić information content (AvgIpc) is 2.46. The van der Waals surface area contributed by atoms with E-state index in [9.17, 15) is 0 Å². The van der Waals surface area contributed by atoms with Crippen molar-refractivity contribution in [1.29, 1.82) is 0 Å². The van der Waals surface area contributed by atoms with Crippen molar-refractivity contribution in [3.8, 4) is 0 Å². The van der Waals surface area contributed by atoms with Gasteiger partial charge in [0, 0.05) is 31.6 Å². The molecule has 2 aliphatic rings. The van der Waals surface area contributed by atoms with E-state index in [1.54, 1.807) is 0 Å². The second kappa shape index (κ2) is 8.76. The molecule has 0 spiro atoms. The predicted octanol–water partition coefficient (Wildman–Crippen LogP) is 3.11. The van der Waals surface area contributed by atoms with Gasteiger partial charge in [0.1, 0.15) is 0 Å². The van der Waals surface area contributed by atoms with Crippen molar-refractivity contribution >= 4 is 12.6 Å². The van der Waals surface area contributed by atoms with Gasteiger partial charge in [0.2, 0.25) is 0 Å². The Hall–Kier alpha value is 0.230. The summed E-state index contributed by atoms with van der Waals surface area (Å²) in [4.78, 5) is 5.06. The van der Waals surface area contributed by atoms with E-state index in [-0.39, 0.29) is 0 Å². The van der Waals surface area contributed by atoms with Gasteiger partial charge in [-0.25, -0.2) is 0 Å². The summed E-state index contributed by atoms with van der Waals surface area (Å²) < 4.78 is 6.21. The van der Waals surface area contributed by atoms with Crippen molar-refractivity contribution in [1.82, 2.24) is 9.80 Å². The third kappa shape index (κ3) is 6.09. The van der Waals surface area contributed by atoms with Gasteiger partial charge in [-0.1, -0.05) is 13.8 Å². The fourth-order valence-electron chi connectivity index (χ4n) is 3.54. The van der Waals surface area contributed by atoms with Gasteiger partial charge in [-0.15, -0.1) is 0 Å². The molecule has 2 saturated heterocycles. The Morgan fingerprint density at radius 1 is 1.00 bits per heavy atom. The van der Waals surface area contributed by atoms with Crippen molar-refractivity contribution in [2.24, 2.45) is 11.8 Å². The number of rotatable bonds is 6. The summed E-state index contributed by atoms with van der Waals surface area (Å²) in [5.41, 5.74) is 0. The Labute approximate surface area is 136 Å². The van der Waals surface area contributed by atoms with Crippen LogP contribution in [-0.2, 0) is 4.74 Å². The lowest BCUT2D eigenvalue weighted by atomic mass is 9.97. The van der Waals surface area contributed by atoms with Crippen LogP contribution in [0.5, 0.6) is 0 Å². The number of thiol groups is 1. The molecule has 0 saturated carbocycles. The molecule has 2 aliphatic heterocycles. The average molecular weight is 315 g/mol. The molecule has 2 fully saturated rings. The summed E-state index contributed by atoms with van der Waals surface area (Å²) in [6, 6.07) is 0. The predicted molar refractivity (Wildman–Crippen MR) is 93.0 cm³/mol. The first-order valence-electron chi connectivity index (χ1n) is 8.80. The summed E-state index contributed by atoms with van der Waals surface area (Å²) in [6.07, 6.45) is 5.50. The summed E-state index contributed by atoms with van der Waals surface area (Å²) in [5.74, 6) is 1.55. The monoisotopic (exact) mass is 314 g/mol. The molecule has 21 heavy (non-hydrogen) atoms. The molecule has 1 unspecified atom stereocenters. The summed E-state index contributed by atoms with van der Waals surface area (Å²) >= 11 is 4.53. The lowest BCUT2D eigenvalue weighted by Gasteiger charge is -2.36. The summed E-state index contributed by atoms with van der Waals surface area (Å²) in [7, 11) is 0. The molecule has 124 valence electrons. The van der Waals surface area contributed by atoms with Crippen molar-refractivity contribution in [3.63, 3.8) is 0 Å². The van der Waals surface area contributed by atoms with Crippen LogP contribution in [0.25, 0.3) is 0 Å². The van der Waals surface area contributed by atoms with Gasteiger partial charge >= 0.3 is 0 Å². The van der Waals surface area contributed by atoms with Crippen LogP contribution < -0.4 is 0 Å². The quantitative estimate of drug-likeness (QED) is 0.759. The Morgan fingerprint density at radius 2 is 1.62 bits per heavy atom. The molecule has 1 atom stereocenters. The highest BCUT2D eigenvalue weighted by Crippen LogP contribution is 2.22. The van der Waals surface area contributed by atoms with E-state index in [0.717, 1.165) is 18.4 Å². The minimum Gasteiger partial charge on any atom is -0.378 e. The molecule has 0 amide bonds. The molecule has 4 heteroatoms. The van der Waals surface area contributed by atoms with Crippen molar-refractivity contribution in [3.05, 3.63) is 0 Å². The third-order valence-corrected chi connectivity index (χ3v) is 5.23. The molecule has 0 aromatic carbocycles. The molecule has 0 aromatic rings. The zero-order chi connectivity index (χ0) is 15.2. The van der Waals surface area contributed by atoms with Crippen molar-refractivity contribution in [2.75, 3.05) is 39.3 Å². The van der Waals surface area contributed by atoms with E-state index >= 15 is 0 Å². The SMILES string of the molecule is CC(C)CN1CCC(OCC2CCN(C(C)S)CC2)CC1. The Morgan fingerprint density at radius 3 is 2.14 bits per heavy atom. The summed E-state index contributed by atoms with van der Waals surface area (Å²) in [5, 5.41) is 0.400. The lowest BCUT2D eigenvalue weighted by molar-refractivity contribution is -0.0207. The van der Waals surface area contributed by atoms with E-state index in [4.69, 9.17) is 4.74 Å². The van der Waals surface area contributed by atoms with Gasteiger partial charge in [0.25, 0.3) is 0 Å². The molecule has 0 radical (unpaired) electrons. The second-order valence-electron chi connectivity index (χ2n) is 7.34. The van der Waals surface area contributed by atoms with Crippen molar-refractivity contribution < 1.29 is 4.74 Å². The van der Waals surface area contributed by atoms with E-state index in [1.807, 2.05) is 0 Å². The fraction of sp³-hybridized carbons (Fsp3) is 1.00. The minimum atomic E-state index is 0.400. The normalized spacial score (nSPS) is 25.6. The third-order valence-electron chi connectivity index (χ3n) is 4.90. The van der Waals surface area contributed by atoms with Gasteiger partial charge in [-0.05, 0) is 57.5 Å². The molecular formula is C17H34N2OS. The van der Waals surface area contributed by atoms with E-state index in [1.165, 1.54) is 58.4 Å². The van der Waals surface area contributed by atoms with Crippen LogP contribution >= 0.6 is 12.6 Å². The first-order chi connectivity index (χ1) is 10.0. The number of hydrogen-bond donors (Lipinski definition) is 1. The van der Waals surface area contributed by atoms with Gasteiger partial charge in [-0.2, -0.15) is 12.6 Å². The van der Waals surface area contributed by atoms with E-state index in [2.05, 4.69) is 43.2 Å². The second-order valence-corrected chi connectivity index (χ2v) is 8.09. The standard InChI is InChI=1S/C17H34N2OS/c1-14(2)12-18-8-6-17(7-9-18)20-13-16-4-10-19(11-5-16)15(3)21/h14-17,21H,4-13H2,1-3H3. The first-order valence-corrected chi connectivity index (χ1v) is 9.32. The molecule has 0 bridgehead atoms. The maximum absolute atomic E-state index is 6.21. The number of ether oxygens (including phenoxy) is 1. The van der Waals surface area contributed by atoms with Crippen LogP contribution in [-0.4, -0.2) is 60.6 Å². The molecule has 2 heterocycles. The summed E-state index contributed by atoms with van der Waals surface area (Å²) in [6.45, 7) is 13.8. The highest BCUT2D eigenvalue weighted by Gasteiger charge is 2.24. The molecule has 3 nitrogen and oxygen atoms in total. The van der Waals surface area contributed by atoms with E-state index in [0.29, 0.717) is 11.5 Å². The molecule has 0 aromatic heterocycles. The maximum atomic E-state index is 6.21. The fourth-order valence-corrected chi connectivity index (χ4v) is 3.77. The minimum absolute atomic E-state index is 0.400. The first kappa shape index (κ1) is 17.6. The lowest BCUT2D eigenvalue weighted by Crippen LogP contribution is -2.41. The van der Waals surface area contributed by atoms with E-state index < -0.39 is 0 Å². The molecule has 2 rings (SSSR count). The number of hydrogen-bond acceptors (Lipinski definition) is 4. The van der Waals surface area contributed by atoms with Crippen LogP contribution in [0.15, 0.2) is 0 Å². The van der Waals surface area contributed by atoms with Gasteiger partial charge in [-0.3, -0.25) is 4.90 Å². The number of nitrogens with zero attached hydrogens (tertiary/aromatic N) is 2. The maximum Gasteiger partial charge on any atom is 0.0599 e. The number of piperidine rings is 2. The highest BCUT2D eigenvalue weighted by molar-refractivity contribution is 7.80. The van der Waals surface area contributed by atoms with Crippen LogP contribution in [0.2, 0.25) is 0 Å². The number of likely N-dealkylation sites (tertiary alicyclic amines) is 2. The van der Waals surface area contributed by atoms with Gasteiger partial charge in [0.15, 0.2) is 0 Å².